The lowest BCUT2D eigenvalue weighted by Crippen LogP contribution is -2.60. The summed E-state index contributed by atoms with van der Waals surface area (Å²) in [4.78, 5) is 32.1. The van der Waals surface area contributed by atoms with Crippen molar-refractivity contribution in [1.82, 2.24) is 4.90 Å². The largest absolute Gasteiger partial charge is 0.472 e. The average Bonchev–Trinajstić information content (AvgIpc) is 3.38. The fraction of sp³-hybridized carbons (Fsp3) is 0.919. The average molecular weight is 745 g/mol. The summed E-state index contributed by atoms with van der Waals surface area (Å²) >= 11 is 0. The zero-order valence-electron chi connectivity index (χ0n) is 32.9. The minimum Gasteiger partial charge on any atom is -0.472 e. The molecule has 15 heteroatoms. The predicted octanol–water partition coefficient (Wildman–Crippen LogP) is 1.93. The lowest BCUT2D eigenvalue weighted by molar-refractivity contribution is -0.315. The van der Waals surface area contributed by atoms with E-state index in [9.17, 15) is 30.0 Å². The van der Waals surface area contributed by atoms with Gasteiger partial charge in [0.1, 0.15) is 41.7 Å². The van der Waals surface area contributed by atoms with Crippen molar-refractivity contribution in [2.75, 3.05) is 14.2 Å². The van der Waals surface area contributed by atoms with Gasteiger partial charge in [0.05, 0.1) is 41.9 Å². The first-order valence-corrected chi connectivity index (χ1v) is 18.7. The van der Waals surface area contributed by atoms with Crippen LogP contribution in [0, 0.1) is 17.8 Å². The summed E-state index contributed by atoms with van der Waals surface area (Å²) in [6.07, 6.45) is -8.05. The number of amides is 1. The zero-order chi connectivity index (χ0) is 39.1. The molecule has 3 saturated heterocycles. The van der Waals surface area contributed by atoms with Crippen LogP contribution in [0.2, 0.25) is 0 Å². The number of cyclic esters (lactones) is 1. The molecule has 0 aromatic heterocycles. The van der Waals surface area contributed by atoms with Gasteiger partial charge in [-0.15, -0.1) is 0 Å². The van der Waals surface area contributed by atoms with Crippen LogP contribution in [0.3, 0.4) is 0 Å². The fourth-order valence-electron chi connectivity index (χ4n) is 8.58. The minimum absolute atomic E-state index is 0.130. The highest BCUT2D eigenvalue weighted by Gasteiger charge is 2.56. The van der Waals surface area contributed by atoms with Gasteiger partial charge in [-0.05, 0) is 61.3 Å². The Labute approximate surface area is 308 Å². The fourth-order valence-corrected chi connectivity index (χ4v) is 8.58. The smallest absolute Gasteiger partial charge is 0.311 e. The highest BCUT2D eigenvalue weighted by molar-refractivity contribution is 5.81. The first-order valence-electron chi connectivity index (χ1n) is 18.7. The summed E-state index contributed by atoms with van der Waals surface area (Å²) in [7, 11) is 3.10. The van der Waals surface area contributed by atoms with E-state index in [1.165, 1.54) is 18.9 Å². The summed E-state index contributed by atoms with van der Waals surface area (Å²) in [5.41, 5.74) is -4.03. The quantitative estimate of drug-likeness (QED) is 0.208. The van der Waals surface area contributed by atoms with Gasteiger partial charge in [0.15, 0.2) is 18.5 Å². The number of esters is 1. The van der Waals surface area contributed by atoms with Crippen molar-refractivity contribution in [3.63, 3.8) is 0 Å². The number of ether oxygens (including phenoxy) is 7. The van der Waals surface area contributed by atoms with E-state index in [1.54, 1.807) is 41.7 Å². The van der Waals surface area contributed by atoms with Gasteiger partial charge in [-0.2, -0.15) is 0 Å². The van der Waals surface area contributed by atoms with Crippen molar-refractivity contribution in [3.8, 4) is 0 Å². The lowest BCUT2D eigenvalue weighted by atomic mass is 9.79. The van der Waals surface area contributed by atoms with Gasteiger partial charge in [-0.3, -0.25) is 9.59 Å². The molecule has 1 amide bonds. The number of methoxy groups -OCH3 is 1. The number of carbonyl (C=O) groups excluding carboxylic acids is 2. The SMILES string of the molecule is CC[C@H]1OC(=O)[C@H](C)[C@@H](O[C@H]2C[C@@](C)(OC)[C@@H](O)[C@H](C)O2)[C@H](C)[C@@H](OC2O[C@H](C)C[C@H](N(C)C=O)[C@H]2O)[C@]2(C)C[C@@H](C)C(=N[C@H](C)[C@@H](O)[C@]1(C)O)O2. The van der Waals surface area contributed by atoms with Crippen LogP contribution < -0.4 is 0 Å². The second kappa shape index (κ2) is 16.4. The molecule has 52 heavy (non-hydrogen) atoms. The van der Waals surface area contributed by atoms with Crippen LogP contribution in [0.4, 0.5) is 0 Å². The van der Waals surface area contributed by atoms with E-state index >= 15 is 0 Å². The second-order valence-electron chi connectivity index (χ2n) is 16.4. The Morgan fingerprint density at radius 2 is 1.65 bits per heavy atom. The van der Waals surface area contributed by atoms with Gasteiger partial charge in [0, 0.05) is 38.8 Å². The highest BCUT2D eigenvalue weighted by atomic mass is 16.7. The van der Waals surface area contributed by atoms with E-state index in [1.807, 2.05) is 27.7 Å². The number of rotatable bonds is 8. The van der Waals surface area contributed by atoms with Crippen molar-refractivity contribution in [3.05, 3.63) is 0 Å². The number of carbonyl (C=O) groups is 2. The Bertz CT molecular complexity index is 1270. The molecule has 0 radical (unpaired) electrons. The molecule has 2 bridgehead atoms. The lowest BCUT2D eigenvalue weighted by Gasteiger charge is -2.48. The van der Waals surface area contributed by atoms with E-state index < -0.39 is 102 Å². The molecule has 300 valence electrons. The first-order chi connectivity index (χ1) is 24.1. The summed E-state index contributed by atoms with van der Waals surface area (Å²) < 4.78 is 44.3. The summed E-state index contributed by atoms with van der Waals surface area (Å²) in [5, 5.41) is 45.5. The molecule has 4 rings (SSSR count). The molecule has 0 aliphatic carbocycles. The maximum Gasteiger partial charge on any atom is 0.311 e. The maximum atomic E-state index is 14.2. The van der Waals surface area contributed by atoms with Gasteiger partial charge >= 0.3 is 5.97 Å². The van der Waals surface area contributed by atoms with Gasteiger partial charge < -0.3 is 58.5 Å². The van der Waals surface area contributed by atoms with Gasteiger partial charge in [0.2, 0.25) is 6.41 Å². The Balaban J connectivity index is 1.85. The standard InChI is InChI=1S/C37H64N2O13/c1-13-25-37(10,45)29(42)22(6)38-32-18(2)15-36(9,52-32)31(51-34-27(41)24(39(11)17-40)14-19(3)47-34)20(4)28(21(5)33(44)49-25)50-26-16-35(8,46-12)30(43)23(7)48-26/h17-31,34,41-43,45H,13-16H2,1-12H3/t18-,19-,20+,21-,22-,23+,24+,25-,26+,27-,28+,29-,30+,31-,34?,35-,36+,37-/m1/s1. The van der Waals surface area contributed by atoms with Gasteiger partial charge in [-0.25, -0.2) is 4.99 Å². The minimum atomic E-state index is -1.87. The molecule has 18 atom stereocenters. The molecule has 4 aliphatic heterocycles. The third-order valence-corrected chi connectivity index (χ3v) is 12.0. The Kier molecular flexibility index (Phi) is 13.5. The molecule has 0 spiro atoms. The zero-order valence-corrected chi connectivity index (χ0v) is 32.9. The van der Waals surface area contributed by atoms with Crippen LogP contribution in [0.15, 0.2) is 4.99 Å². The second-order valence-corrected chi connectivity index (χ2v) is 16.4. The molecule has 1 unspecified atom stereocenters. The molecule has 0 aromatic rings. The van der Waals surface area contributed by atoms with Crippen LogP contribution in [0.5, 0.6) is 0 Å². The van der Waals surface area contributed by atoms with Crippen LogP contribution in [0.25, 0.3) is 0 Å². The van der Waals surface area contributed by atoms with Gasteiger partial charge in [-0.1, -0.05) is 20.8 Å². The number of nitrogens with zero attached hydrogens (tertiary/aromatic N) is 2. The summed E-state index contributed by atoms with van der Waals surface area (Å²) in [5.74, 6) is -2.28. The summed E-state index contributed by atoms with van der Waals surface area (Å²) in [6, 6.07) is -1.43. The van der Waals surface area contributed by atoms with E-state index in [4.69, 9.17) is 38.2 Å². The van der Waals surface area contributed by atoms with Crippen LogP contribution >= 0.6 is 0 Å². The van der Waals surface area contributed by atoms with Crippen molar-refractivity contribution >= 4 is 18.3 Å². The van der Waals surface area contributed by atoms with Crippen LogP contribution in [-0.4, -0.2) is 148 Å². The predicted molar refractivity (Wildman–Crippen MR) is 188 cm³/mol. The molecule has 4 aliphatic rings. The van der Waals surface area contributed by atoms with E-state index in [-0.39, 0.29) is 24.9 Å². The Morgan fingerprint density at radius 1 is 1.00 bits per heavy atom. The number of aliphatic hydroxyl groups excluding tert-OH is 3. The molecular formula is C37H64N2O13. The molecule has 3 fully saturated rings. The van der Waals surface area contributed by atoms with Gasteiger partial charge in [0.25, 0.3) is 0 Å². The monoisotopic (exact) mass is 744 g/mol. The topological polar surface area (TPSA) is 195 Å². The maximum absolute atomic E-state index is 14.2. The van der Waals surface area contributed by atoms with Crippen molar-refractivity contribution in [1.29, 1.82) is 0 Å². The molecular weight excluding hydrogens is 680 g/mol. The van der Waals surface area contributed by atoms with Crippen molar-refractivity contribution < 1.29 is 63.2 Å². The van der Waals surface area contributed by atoms with Crippen LogP contribution in [-0.2, 0) is 42.7 Å². The normalized spacial score (nSPS) is 49.3. The van der Waals surface area contributed by atoms with Crippen molar-refractivity contribution in [2.24, 2.45) is 22.7 Å². The number of fused-ring (bicyclic) bond motifs is 2. The third kappa shape index (κ3) is 8.47. The molecule has 15 nitrogen and oxygen atoms in total. The number of hydrogen-bond acceptors (Lipinski definition) is 14. The number of hydrogen-bond donors (Lipinski definition) is 4. The van der Waals surface area contributed by atoms with E-state index in [0.717, 1.165) is 0 Å². The van der Waals surface area contributed by atoms with E-state index in [2.05, 4.69) is 0 Å². The third-order valence-electron chi connectivity index (χ3n) is 12.0. The molecule has 4 heterocycles. The number of likely N-dealkylation sites (N-methyl/N-ethyl adjacent to an activating group) is 1. The van der Waals surface area contributed by atoms with E-state index in [0.29, 0.717) is 25.1 Å². The Morgan fingerprint density at radius 3 is 2.25 bits per heavy atom. The van der Waals surface area contributed by atoms with Crippen LogP contribution in [0.1, 0.15) is 94.9 Å². The number of aliphatic imine (C=N–C) groups is 1. The molecule has 4 N–H and O–H groups in total. The number of aliphatic hydroxyl groups is 4. The Hall–Kier alpha value is -1.95. The summed E-state index contributed by atoms with van der Waals surface area (Å²) in [6.45, 7) is 17.4. The molecule has 0 aromatic carbocycles. The first kappa shape index (κ1) is 42.8. The van der Waals surface area contributed by atoms with Crippen molar-refractivity contribution in [2.45, 2.75) is 185 Å². The molecule has 0 saturated carbocycles. The highest BCUT2D eigenvalue weighted by Crippen LogP contribution is 2.44.